The molecule has 2 aliphatic carbocycles. The molecule has 0 atom stereocenters. The Morgan fingerprint density at radius 1 is 0.972 bits per heavy atom. The summed E-state index contributed by atoms with van der Waals surface area (Å²) in [5, 5.41) is 1.10. The highest BCUT2D eigenvalue weighted by Gasteiger charge is 2.42. The van der Waals surface area contributed by atoms with Crippen LogP contribution in [0, 0.1) is 3.57 Å². The minimum atomic E-state index is -0.381. The quantitative estimate of drug-likeness (QED) is 0.324. The molecule has 1 heterocycles. The molecule has 5 rings (SSSR count). The Kier molecular flexibility index (Phi) is 7.39. The zero-order valence-electron chi connectivity index (χ0n) is 20.1. The SMILES string of the molecule is COc1cc(C2C3=C(CCCC3=O)N(C)C3=C2C(=O)CCC3)cc(I)c1OCc1ccc(Cl)cc1Cl. The highest BCUT2D eigenvalue weighted by Crippen LogP contribution is 2.50. The van der Waals surface area contributed by atoms with E-state index in [1.165, 1.54) is 0 Å². The van der Waals surface area contributed by atoms with E-state index in [1.54, 1.807) is 19.2 Å². The number of rotatable bonds is 5. The molecule has 5 nitrogen and oxygen atoms in total. The van der Waals surface area contributed by atoms with Crippen molar-refractivity contribution in [2.75, 3.05) is 14.2 Å². The summed E-state index contributed by atoms with van der Waals surface area (Å²) < 4.78 is 12.7. The van der Waals surface area contributed by atoms with Crippen LogP contribution in [0.25, 0.3) is 0 Å². The van der Waals surface area contributed by atoms with Crippen molar-refractivity contribution in [1.82, 2.24) is 4.90 Å². The molecule has 0 unspecified atom stereocenters. The monoisotopic (exact) mass is 637 g/mol. The van der Waals surface area contributed by atoms with Gasteiger partial charge in [-0.15, -0.1) is 0 Å². The second-order valence-electron chi connectivity index (χ2n) is 9.32. The lowest BCUT2D eigenvalue weighted by molar-refractivity contribution is -0.117. The van der Waals surface area contributed by atoms with E-state index in [4.69, 9.17) is 32.7 Å². The van der Waals surface area contributed by atoms with Gasteiger partial charge >= 0.3 is 0 Å². The van der Waals surface area contributed by atoms with Crippen LogP contribution < -0.4 is 9.47 Å². The summed E-state index contributed by atoms with van der Waals surface area (Å²) in [6.07, 6.45) is 4.39. The Morgan fingerprint density at radius 3 is 2.19 bits per heavy atom. The van der Waals surface area contributed by atoms with Gasteiger partial charge in [-0.2, -0.15) is 0 Å². The molecule has 0 amide bonds. The molecular formula is C28H26Cl2INO4. The van der Waals surface area contributed by atoms with Gasteiger partial charge in [-0.1, -0.05) is 29.3 Å². The van der Waals surface area contributed by atoms with E-state index in [1.807, 2.05) is 25.2 Å². The third kappa shape index (κ3) is 4.56. The number of ether oxygens (including phenoxy) is 2. The smallest absolute Gasteiger partial charge is 0.174 e. The number of nitrogens with zero attached hydrogens (tertiary/aromatic N) is 1. The summed E-state index contributed by atoms with van der Waals surface area (Å²) >= 11 is 14.6. The van der Waals surface area contributed by atoms with Gasteiger partial charge in [0.1, 0.15) is 6.61 Å². The van der Waals surface area contributed by atoms with Crippen molar-refractivity contribution < 1.29 is 19.1 Å². The Balaban J connectivity index is 1.57. The Labute approximate surface area is 234 Å². The number of allylic oxidation sites excluding steroid dienone is 4. The van der Waals surface area contributed by atoms with Crippen molar-refractivity contribution in [3.63, 3.8) is 0 Å². The maximum Gasteiger partial charge on any atom is 0.174 e. The maximum absolute atomic E-state index is 13.3. The van der Waals surface area contributed by atoms with Crippen LogP contribution in [0.4, 0.5) is 0 Å². The summed E-state index contributed by atoms with van der Waals surface area (Å²) in [6, 6.07) is 9.22. The number of carbonyl (C=O) groups is 2. The Morgan fingerprint density at radius 2 is 1.61 bits per heavy atom. The fraction of sp³-hybridized carbons (Fsp3) is 0.357. The zero-order valence-corrected chi connectivity index (χ0v) is 23.8. The summed E-state index contributed by atoms with van der Waals surface area (Å²) in [5.41, 5.74) is 5.32. The van der Waals surface area contributed by atoms with Crippen molar-refractivity contribution in [2.24, 2.45) is 0 Å². The fourth-order valence-electron chi connectivity index (χ4n) is 5.52. The van der Waals surface area contributed by atoms with E-state index in [2.05, 4.69) is 27.5 Å². The van der Waals surface area contributed by atoms with Crippen LogP contribution in [0.5, 0.6) is 11.5 Å². The van der Waals surface area contributed by atoms with Gasteiger partial charge in [-0.3, -0.25) is 9.59 Å². The molecular weight excluding hydrogens is 612 g/mol. The number of Topliss-reactive ketones (excluding diaryl/α,β-unsaturated/α-hetero) is 2. The van der Waals surface area contributed by atoms with Gasteiger partial charge in [0.05, 0.1) is 10.7 Å². The van der Waals surface area contributed by atoms with E-state index < -0.39 is 0 Å². The largest absolute Gasteiger partial charge is 0.493 e. The van der Waals surface area contributed by atoms with Crippen LogP contribution in [0.1, 0.15) is 55.6 Å². The minimum absolute atomic E-state index is 0.129. The van der Waals surface area contributed by atoms with Crippen molar-refractivity contribution >= 4 is 57.4 Å². The Bertz CT molecular complexity index is 1290. The number of ketones is 2. The third-order valence-electron chi connectivity index (χ3n) is 7.22. The topological polar surface area (TPSA) is 55.8 Å². The number of hydrogen-bond acceptors (Lipinski definition) is 5. The van der Waals surface area contributed by atoms with Gasteiger partial charge < -0.3 is 14.4 Å². The number of benzene rings is 2. The molecule has 0 spiro atoms. The fourth-order valence-corrected chi connectivity index (χ4v) is 6.77. The molecule has 0 radical (unpaired) electrons. The van der Waals surface area contributed by atoms with Crippen LogP contribution in [0.2, 0.25) is 10.0 Å². The lowest BCUT2D eigenvalue weighted by Gasteiger charge is -2.42. The third-order valence-corrected chi connectivity index (χ3v) is 8.61. The second kappa shape index (κ2) is 10.4. The first-order chi connectivity index (χ1) is 17.3. The molecule has 3 aliphatic rings. The van der Waals surface area contributed by atoms with Gasteiger partial charge in [0.15, 0.2) is 23.1 Å². The molecule has 0 saturated carbocycles. The Hall–Kier alpha value is -2.03. The van der Waals surface area contributed by atoms with E-state index in [9.17, 15) is 9.59 Å². The van der Waals surface area contributed by atoms with Crippen LogP contribution >= 0.6 is 45.8 Å². The average molecular weight is 638 g/mol. The van der Waals surface area contributed by atoms with Crippen molar-refractivity contribution in [3.8, 4) is 11.5 Å². The normalized spacial score (nSPS) is 18.4. The van der Waals surface area contributed by atoms with Crippen molar-refractivity contribution in [2.45, 2.75) is 51.0 Å². The standard InChI is InChI=1S/C28H26Cl2INO4/c1-32-20-5-3-7-22(33)26(20)25(27-21(32)6-4-8-23(27)34)16-11-19(31)28(24(12-16)35-2)36-14-15-9-10-17(29)13-18(15)30/h9-13,25H,3-8,14H2,1-2H3. The maximum atomic E-state index is 13.3. The molecule has 0 fully saturated rings. The second-order valence-corrected chi connectivity index (χ2v) is 11.3. The van der Waals surface area contributed by atoms with Crippen LogP contribution in [-0.4, -0.2) is 30.6 Å². The van der Waals surface area contributed by atoms with Crippen molar-refractivity contribution in [1.29, 1.82) is 0 Å². The van der Waals surface area contributed by atoms with Gasteiger partial charge in [0, 0.05) is 64.0 Å². The molecule has 2 aromatic carbocycles. The van der Waals surface area contributed by atoms with Gasteiger partial charge in [0.2, 0.25) is 0 Å². The molecule has 0 bridgehead atoms. The number of halogens is 3. The molecule has 0 aromatic heterocycles. The van der Waals surface area contributed by atoms with E-state index >= 15 is 0 Å². The van der Waals surface area contributed by atoms with Crippen LogP contribution in [-0.2, 0) is 16.2 Å². The first-order valence-electron chi connectivity index (χ1n) is 12.0. The summed E-state index contributed by atoms with van der Waals surface area (Å²) in [7, 11) is 3.60. The molecule has 1 aliphatic heterocycles. The average Bonchev–Trinajstić information content (AvgIpc) is 2.85. The predicted molar refractivity (Wildman–Crippen MR) is 149 cm³/mol. The number of hydrogen-bond donors (Lipinski definition) is 0. The number of methoxy groups -OCH3 is 1. The van der Waals surface area contributed by atoms with Gasteiger partial charge in [-0.05, 0) is 78.1 Å². The molecule has 0 saturated heterocycles. The number of carbonyl (C=O) groups excluding carboxylic acids is 2. The van der Waals surface area contributed by atoms with Gasteiger partial charge in [-0.25, -0.2) is 0 Å². The van der Waals surface area contributed by atoms with Gasteiger partial charge in [0.25, 0.3) is 0 Å². The van der Waals surface area contributed by atoms with Crippen molar-refractivity contribution in [3.05, 3.63) is 77.6 Å². The molecule has 2 aromatic rings. The van der Waals surface area contributed by atoms with E-state index in [0.29, 0.717) is 34.4 Å². The lowest BCUT2D eigenvalue weighted by Crippen LogP contribution is -2.37. The molecule has 188 valence electrons. The van der Waals surface area contributed by atoms with E-state index in [-0.39, 0.29) is 24.1 Å². The summed E-state index contributed by atoms with van der Waals surface area (Å²) in [4.78, 5) is 28.6. The molecule has 0 N–H and O–H groups in total. The predicted octanol–water partition coefficient (Wildman–Crippen LogP) is 7.23. The first kappa shape index (κ1) is 25.6. The van der Waals surface area contributed by atoms with Crippen LogP contribution in [0.15, 0.2) is 52.9 Å². The lowest BCUT2D eigenvalue weighted by atomic mass is 9.71. The highest BCUT2D eigenvalue weighted by molar-refractivity contribution is 14.1. The molecule has 36 heavy (non-hydrogen) atoms. The van der Waals surface area contributed by atoms with Crippen LogP contribution in [0.3, 0.4) is 0 Å². The highest BCUT2D eigenvalue weighted by atomic mass is 127. The summed E-state index contributed by atoms with van der Waals surface area (Å²) in [5.74, 6) is 1.02. The first-order valence-corrected chi connectivity index (χ1v) is 13.8. The van der Waals surface area contributed by atoms with E-state index in [0.717, 1.165) is 62.9 Å². The molecule has 8 heteroatoms. The zero-order chi connectivity index (χ0) is 25.6. The summed E-state index contributed by atoms with van der Waals surface area (Å²) in [6.45, 7) is 0.248. The minimum Gasteiger partial charge on any atom is -0.493 e.